The van der Waals surface area contributed by atoms with Crippen LogP contribution < -0.4 is 15.8 Å². The van der Waals surface area contributed by atoms with E-state index in [2.05, 4.69) is 25.7 Å². The monoisotopic (exact) mass is 449 g/mol. The summed E-state index contributed by atoms with van der Waals surface area (Å²) in [5.41, 5.74) is 7.52. The summed E-state index contributed by atoms with van der Waals surface area (Å²) in [4.78, 5) is 40.7. The lowest BCUT2D eigenvalue weighted by atomic mass is 9.94. The number of hydrogen-bond acceptors (Lipinski definition) is 7. The third kappa shape index (κ3) is 4.84. The van der Waals surface area contributed by atoms with Crippen molar-refractivity contribution < 1.29 is 9.59 Å². The largest absolute Gasteiger partial charge is 0.353 e. The summed E-state index contributed by atoms with van der Waals surface area (Å²) in [5, 5.41) is 0. The number of rotatable bonds is 4. The number of piperidine rings is 1. The van der Waals surface area contributed by atoms with Crippen LogP contribution in [0.5, 0.6) is 0 Å². The van der Waals surface area contributed by atoms with Crippen LogP contribution >= 0.6 is 0 Å². The lowest BCUT2D eigenvalue weighted by Gasteiger charge is -2.39. The fraction of sp³-hybridized carbons (Fsp3) is 0.500. The van der Waals surface area contributed by atoms with Gasteiger partial charge in [-0.05, 0) is 49.1 Å². The van der Waals surface area contributed by atoms with Gasteiger partial charge in [0.05, 0.1) is 0 Å². The van der Waals surface area contributed by atoms with Gasteiger partial charge in [0.2, 0.25) is 11.8 Å². The van der Waals surface area contributed by atoms with E-state index in [-0.39, 0.29) is 29.8 Å². The maximum absolute atomic E-state index is 13.1. The van der Waals surface area contributed by atoms with E-state index in [1.807, 2.05) is 40.1 Å². The van der Waals surface area contributed by atoms with Crippen LogP contribution in [0.25, 0.3) is 0 Å². The number of anilines is 1. The van der Waals surface area contributed by atoms with Crippen molar-refractivity contribution in [2.75, 3.05) is 44.2 Å². The quantitative estimate of drug-likeness (QED) is 0.719. The first kappa shape index (κ1) is 21.8. The van der Waals surface area contributed by atoms with Crippen molar-refractivity contribution in [2.24, 2.45) is 5.92 Å². The number of amides is 2. The molecule has 2 aromatic rings. The third-order valence-corrected chi connectivity index (χ3v) is 7.03. The van der Waals surface area contributed by atoms with E-state index >= 15 is 0 Å². The number of hydrogen-bond donors (Lipinski definition) is 2. The molecule has 0 radical (unpaired) electrons. The molecule has 9 heteroatoms. The molecule has 2 atom stereocenters. The second kappa shape index (κ2) is 9.84. The molecule has 3 fully saturated rings. The number of carbonyl (C=O) groups is 2. The van der Waals surface area contributed by atoms with Crippen molar-refractivity contribution in [2.45, 2.75) is 31.3 Å². The zero-order valence-corrected chi connectivity index (χ0v) is 18.8. The Labute approximate surface area is 194 Å². The van der Waals surface area contributed by atoms with Gasteiger partial charge in [-0.1, -0.05) is 6.07 Å². The van der Waals surface area contributed by atoms with Gasteiger partial charge in [0.25, 0.3) is 0 Å². The van der Waals surface area contributed by atoms with Crippen molar-refractivity contribution in [1.29, 1.82) is 0 Å². The van der Waals surface area contributed by atoms with Crippen molar-refractivity contribution in [1.82, 2.24) is 30.6 Å². The van der Waals surface area contributed by atoms with E-state index in [4.69, 9.17) is 0 Å². The molecule has 2 N–H and O–H groups in total. The van der Waals surface area contributed by atoms with Crippen LogP contribution in [-0.2, 0) is 9.59 Å². The minimum absolute atomic E-state index is 0.00896. The number of nitrogens with one attached hydrogen (secondary N) is 2. The number of nitrogens with zero attached hydrogens (tertiary/aromatic N) is 5. The first-order valence-electron chi connectivity index (χ1n) is 11.8. The fourth-order valence-corrected chi connectivity index (χ4v) is 5.05. The van der Waals surface area contributed by atoms with Gasteiger partial charge in [-0.3, -0.25) is 14.6 Å². The molecule has 0 aliphatic carbocycles. The van der Waals surface area contributed by atoms with E-state index < -0.39 is 0 Å². The Bertz CT molecular complexity index is 942. The minimum atomic E-state index is -0.241. The molecule has 9 nitrogen and oxygen atoms in total. The maximum atomic E-state index is 13.1. The number of pyridine rings is 2. The van der Waals surface area contributed by atoms with Crippen LogP contribution in [0.15, 0.2) is 48.9 Å². The highest BCUT2D eigenvalue weighted by Crippen LogP contribution is 2.26. The van der Waals surface area contributed by atoms with Gasteiger partial charge in [-0.2, -0.15) is 0 Å². The van der Waals surface area contributed by atoms with Gasteiger partial charge in [-0.25, -0.2) is 15.8 Å². The number of aromatic nitrogens is 2. The topological polar surface area (TPSA) is 93.7 Å². The van der Waals surface area contributed by atoms with Gasteiger partial charge in [-0.15, -0.1) is 0 Å². The Morgan fingerprint density at radius 1 is 0.818 bits per heavy atom. The predicted octanol–water partition coefficient (Wildman–Crippen LogP) is 0.972. The fourth-order valence-electron chi connectivity index (χ4n) is 5.05. The van der Waals surface area contributed by atoms with Crippen LogP contribution in [0.3, 0.4) is 0 Å². The van der Waals surface area contributed by atoms with Crippen LogP contribution in [0, 0.1) is 5.92 Å². The number of hydrazine groups is 1. The van der Waals surface area contributed by atoms with Crippen LogP contribution in [0.1, 0.15) is 30.9 Å². The lowest BCUT2D eigenvalue weighted by Crippen LogP contribution is -2.53. The molecule has 0 aromatic carbocycles. The molecule has 33 heavy (non-hydrogen) atoms. The Hall–Kier alpha value is -3.04. The molecule has 3 saturated heterocycles. The molecular formula is C24H31N7O2. The first-order valence-corrected chi connectivity index (χ1v) is 11.8. The SMILES string of the molecule is O=C(C1CCN(C(=O)C2CC(c3ccncc3)NN2)CC1)N1CCN(c2ccccn2)CC1. The molecule has 0 bridgehead atoms. The van der Waals surface area contributed by atoms with E-state index in [1.165, 1.54) is 0 Å². The molecule has 2 unspecified atom stereocenters. The van der Waals surface area contributed by atoms with Gasteiger partial charge < -0.3 is 14.7 Å². The summed E-state index contributed by atoms with van der Waals surface area (Å²) in [5.74, 6) is 1.34. The zero-order valence-electron chi connectivity index (χ0n) is 18.8. The molecule has 0 spiro atoms. The molecule has 2 aromatic heterocycles. The summed E-state index contributed by atoms with van der Waals surface area (Å²) >= 11 is 0. The van der Waals surface area contributed by atoms with Crippen LogP contribution in [0.4, 0.5) is 5.82 Å². The van der Waals surface area contributed by atoms with Gasteiger partial charge in [0, 0.05) is 69.8 Å². The second-order valence-corrected chi connectivity index (χ2v) is 9.01. The van der Waals surface area contributed by atoms with Crippen LogP contribution in [-0.4, -0.2) is 76.9 Å². The minimum Gasteiger partial charge on any atom is -0.353 e. The number of carbonyl (C=O) groups excluding carboxylic acids is 2. The Balaban J connectivity index is 1.08. The molecule has 5 heterocycles. The third-order valence-electron chi connectivity index (χ3n) is 7.03. The van der Waals surface area contributed by atoms with E-state index in [9.17, 15) is 9.59 Å². The molecule has 5 rings (SSSR count). The van der Waals surface area contributed by atoms with Crippen molar-refractivity contribution in [3.05, 3.63) is 54.5 Å². The van der Waals surface area contributed by atoms with E-state index in [0.717, 1.165) is 50.4 Å². The summed E-state index contributed by atoms with van der Waals surface area (Å²) < 4.78 is 0. The molecule has 174 valence electrons. The summed E-state index contributed by atoms with van der Waals surface area (Å²) in [6.07, 6.45) is 7.53. The summed E-state index contributed by atoms with van der Waals surface area (Å²) in [6, 6.07) is 9.72. The average Bonchev–Trinajstić information content (AvgIpc) is 3.40. The van der Waals surface area contributed by atoms with Gasteiger partial charge in [0.1, 0.15) is 11.9 Å². The van der Waals surface area contributed by atoms with E-state index in [0.29, 0.717) is 19.5 Å². The summed E-state index contributed by atoms with van der Waals surface area (Å²) in [6.45, 7) is 4.34. The van der Waals surface area contributed by atoms with Crippen molar-refractivity contribution >= 4 is 17.6 Å². The van der Waals surface area contributed by atoms with Gasteiger partial charge >= 0.3 is 0 Å². The molecule has 3 aliphatic rings. The summed E-state index contributed by atoms with van der Waals surface area (Å²) in [7, 11) is 0. The van der Waals surface area contributed by atoms with Crippen molar-refractivity contribution in [3.8, 4) is 0 Å². The zero-order chi connectivity index (χ0) is 22.6. The maximum Gasteiger partial charge on any atom is 0.241 e. The number of piperazine rings is 1. The normalized spacial score (nSPS) is 24.2. The molecule has 3 aliphatic heterocycles. The molecule has 2 amide bonds. The number of likely N-dealkylation sites (tertiary alicyclic amines) is 1. The predicted molar refractivity (Wildman–Crippen MR) is 124 cm³/mol. The Morgan fingerprint density at radius 2 is 1.55 bits per heavy atom. The molecule has 0 saturated carbocycles. The Morgan fingerprint density at radius 3 is 2.24 bits per heavy atom. The average molecular weight is 450 g/mol. The van der Waals surface area contributed by atoms with Gasteiger partial charge in [0.15, 0.2) is 0 Å². The second-order valence-electron chi connectivity index (χ2n) is 9.01. The highest BCUT2D eigenvalue weighted by molar-refractivity contribution is 5.83. The molecular weight excluding hydrogens is 418 g/mol. The lowest BCUT2D eigenvalue weighted by molar-refractivity contribution is -0.141. The Kier molecular flexibility index (Phi) is 6.50. The highest BCUT2D eigenvalue weighted by Gasteiger charge is 2.36. The highest BCUT2D eigenvalue weighted by atomic mass is 16.2. The van der Waals surface area contributed by atoms with E-state index in [1.54, 1.807) is 18.6 Å². The standard InChI is InChI=1S/C24H31N7O2/c32-23(31-15-13-29(14-16-31)22-3-1-2-8-26-22)19-6-11-30(12-7-19)24(33)21-17-20(27-28-21)18-4-9-25-10-5-18/h1-5,8-10,19-21,27-28H,6-7,11-17H2. The van der Waals surface area contributed by atoms with Crippen LogP contribution in [0.2, 0.25) is 0 Å². The smallest absolute Gasteiger partial charge is 0.241 e. The van der Waals surface area contributed by atoms with Crippen molar-refractivity contribution in [3.63, 3.8) is 0 Å². The first-order chi connectivity index (χ1) is 16.2.